The zero-order valence-electron chi connectivity index (χ0n) is 13.2. The maximum Gasteiger partial charge on any atom is 0.0463 e. The smallest absolute Gasteiger partial charge is 0.0463 e. The zero-order valence-corrected chi connectivity index (χ0v) is 18.1. The predicted molar refractivity (Wildman–Crippen MR) is 125 cm³/mol. The van der Waals surface area contributed by atoms with E-state index in [1.54, 1.807) is 0 Å². The highest BCUT2D eigenvalue weighted by Gasteiger charge is 2.12. The summed E-state index contributed by atoms with van der Waals surface area (Å²) in [5.41, 5.74) is 0. The number of fused-ring (bicyclic) bond motifs is 2. The number of hydrogen-bond acceptors (Lipinski definition) is 6. The van der Waals surface area contributed by atoms with Gasteiger partial charge < -0.3 is 0 Å². The third-order valence-electron chi connectivity index (χ3n) is 4.22. The minimum Gasteiger partial charge on any atom is -0.143 e. The molecular formula is C20H10S6. The van der Waals surface area contributed by atoms with Crippen molar-refractivity contribution in [3.8, 4) is 29.3 Å². The van der Waals surface area contributed by atoms with Crippen molar-refractivity contribution in [1.82, 2.24) is 0 Å². The van der Waals surface area contributed by atoms with Crippen LogP contribution in [0, 0.1) is 0 Å². The van der Waals surface area contributed by atoms with Gasteiger partial charge in [-0.25, -0.2) is 0 Å². The summed E-state index contributed by atoms with van der Waals surface area (Å²) in [6.45, 7) is 0. The lowest BCUT2D eigenvalue weighted by atomic mass is 10.3. The van der Waals surface area contributed by atoms with Crippen LogP contribution in [-0.4, -0.2) is 0 Å². The Bertz CT molecular complexity index is 1180. The van der Waals surface area contributed by atoms with E-state index >= 15 is 0 Å². The van der Waals surface area contributed by atoms with E-state index in [1.165, 1.54) is 48.1 Å². The molecule has 0 amide bonds. The van der Waals surface area contributed by atoms with E-state index in [2.05, 4.69) is 59.3 Å². The van der Waals surface area contributed by atoms with E-state index in [9.17, 15) is 0 Å². The average molecular weight is 443 g/mol. The molecule has 6 rings (SSSR count). The first kappa shape index (κ1) is 15.7. The molecule has 0 radical (unpaired) electrons. The Morgan fingerprint density at radius 1 is 0.385 bits per heavy atom. The minimum absolute atomic E-state index is 1.37. The van der Waals surface area contributed by atoms with Gasteiger partial charge in [0.05, 0.1) is 0 Å². The second-order valence-electron chi connectivity index (χ2n) is 5.85. The molecule has 0 aromatic carbocycles. The second-order valence-corrected chi connectivity index (χ2v) is 12.1. The Kier molecular flexibility index (Phi) is 3.71. The Morgan fingerprint density at radius 2 is 0.808 bits per heavy atom. The van der Waals surface area contributed by atoms with E-state index in [0.29, 0.717) is 0 Å². The third-order valence-corrected chi connectivity index (χ3v) is 11.2. The zero-order chi connectivity index (χ0) is 17.1. The lowest BCUT2D eigenvalue weighted by Crippen LogP contribution is -1.58. The quantitative estimate of drug-likeness (QED) is 0.256. The molecule has 0 aliphatic heterocycles. The van der Waals surface area contributed by atoms with Crippen LogP contribution in [0.3, 0.4) is 0 Å². The summed E-state index contributed by atoms with van der Waals surface area (Å²) in [7, 11) is 0. The first-order chi connectivity index (χ1) is 12.8. The lowest BCUT2D eigenvalue weighted by molar-refractivity contribution is 1.91. The van der Waals surface area contributed by atoms with E-state index in [0.717, 1.165) is 0 Å². The van der Waals surface area contributed by atoms with Crippen molar-refractivity contribution in [3.63, 3.8) is 0 Å². The highest BCUT2D eigenvalue weighted by Crippen LogP contribution is 2.45. The molecule has 6 heteroatoms. The Morgan fingerprint density at radius 3 is 1.23 bits per heavy atom. The lowest BCUT2D eigenvalue weighted by Gasteiger charge is -1.91. The van der Waals surface area contributed by atoms with Gasteiger partial charge in [-0.2, -0.15) is 0 Å². The first-order valence-electron chi connectivity index (χ1n) is 7.98. The summed E-state index contributed by atoms with van der Waals surface area (Å²) in [4.78, 5) is 8.26. The summed E-state index contributed by atoms with van der Waals surface area (Å²) in [5, 5.41) is 4.35. The van der Waals surface area contributed by atoms with Crippen LogP contribution in [0.1, 0.15) is 0 Å². The molecule has 126 valence electrons. The van der Waals surface area contributed by atoms with Crippen LogP contribution in [0.4, 0.5) is 0 Å². The third kappa shape index (κ3) is 2.56. The summed E-state index contributed by atoms with van der Waals surface area (Å²) in [5.74, 6) is 0. The summed E-state index contributed by atoms with van der Waals surface area (Å²) in [6, 6.07) is 18.2. The molecule has 0 atom stereocenters. The molecule has 0 saturated heterocycles. The van der Waals surface area contributed by atoms with Crippen LogP contribution in [0.15, 0.2) is 59.3 Å². The largest absolute Gasteiger partial charge is 0.143 e. The summed E-state index contributed by atoms with van der Waals surface area (Å²) >= 11 is 11.3. The minimum atomic E-state index is 1.37. The highest BCUT2D eigenvalue weighted by atomic mass is 32.1. The van der Waals surface area contributed by atoms with Gasteiger partial charge in [-0.15, -0.1) is 68.0 Å². The summed E-state index contributed by atoms with van der Waals surface area (Å²) < 4.78 is 5.60. The van der Waals surface area contributed by atoms with Crippen molar-refractivity contribution in [2.24, 2.45) is 0 Å². The Hall–Kier alpha value is -1.28. The fourth-order valence-electron chi connectivity index (χ4n) is 2.98. The van der Waals surface area contributed by atoms with Gasteiger partial charge in [0.15, 0.2) is 0 Å². The molecule has 0 bridgehead atoms. The van der Waals surface area contributed by atoms with Crippen molar-refractivity contribution in [2.45, 2.75) is 0 Å². The molecule has 6 aromatic rings. The van der Waals surface area contributed by atoms with Crippen LogP contribution in [-0.2, 0) is 0 Å². The van der Waals surface area contributed by atoms with Crippen molar-refractivity contribution in [3.05, 3.63) is 59.3 Å². The normalized spacial score (nSPS) is 11.8. The monoisotopic (exact) mass is 442 g/mol. The first-order valence-corrected chi connectivity index (χ1v) is 13.0. The van der Waals surface area contributed by atoms with Crippen LogP contribution in [0.5, 0.6) is 0 Å². The van der Waals surface area contributed by atoms with Crippen molar-refractivity contribution in [1.29, 1.82) is 0 Å². The van der Waals surface area contributed by atoms with E-state index < -0.39 is 0 Å². The van der Waals surface area contributed by atoms with Gasteiger partial charge in [0.1, 0.15) is 0 Å². The van der Waals surface area contributed by atoms with Gasteiger partial charge in [0.2, 0.25) is 0 Å². The molecule has 0 aliphatic rings. The van der Waals surface area contributed by atoms with Gasteiger partial charge in [-0.1, -0.05) is 0 Å². The maximum absolute atomic E-state index is 2.33. The van der Waals surface area contributed by atoms with Crippen LogP contribution >= 0.6 is 68.0 Å². The predicted octanol–water partition coefficient (Wildman–Crippen LogP) is 9.36. The maximum atomic E-state index is 2.33. The molecular weight excluding hydrogens is 433 g/mol. The van der Waals surface area contributed by atoms with E-state index in [-0.39, 0.29) is 0 Å². The molecule has 0 unspecified atom stereocenters. The van der Waals surface area contributed by atoms with Crippen LogP contribution in [0.2, 0.25) is 0 Å². The van der Waals surface area contributed by atoms with Gasteiger partial charge in [0, 0.05) is 48.1 Å². The fourth-order valence-corrected chi connectivity index (χ4v) is 9.46. The molecule has 0 saturated carbocycles. The number of rotatable bonds is 3. The van der Waals surface area contributed by atoms with E-state index in [1.807, 2.05) is 68.0 Å². The molecule has 0 spiro atoms. The SMILES string of the molecule is c1cc2sc(-c3ccc(-c4ccc(-c5cc6sccc6s5)s4)s3)cc2s1. The van der Waals surface area contributed by atoms with E-state index in [4.69, 9.17) is 0 Å². The van der Waals surface area contributed by atoms with Crippen LogP contribution in [0.25, 0.3) is 48.1 Å². The van der Waals surface area contributed by atoms with Crippen molar-refractivity contribution in [2.75, 3.05) is 0 Å². The van der Waals surface area contributed by atoms with Crippen molar-refractivity contribution >= 4 is 86.8 Å². The number of hydrogen-bond donors (Lipinski definition) is 0. The molecule has 0 N–H and O–H groups in total. The molecule has 0 fully saturated rings. The fraction of sp³-hybridized carbons (Fsp3) is 0. The molecule has 6 aromatic heterocycles. The molecule has 0 aliphatic carbocycles. The van der Waals surface area contributed by atoms with Gasteiger partial charge in [-0.3, -0.25) is 0 Å². The van der Waals surface area contributed by atoms with Gasteiger partial charge in [-0.05, 0) is 59.3 Å². The highest BCUT2D eigenvalue weighted by molar-refractivity contribution is 7.33. The van der Waals surface area contributed by atoms with Crippen LogP contribution < -0.4 is 0 Å². The molecule has 26 heavy (non-hydrogen) atoms. The molecule has 6 heterocycles. The average Bonchev–Trinajstić information content (AvgIpc) is 3.44. The standard InChI is InChI=1S/C20H10S6/c1-3-13(19-9-17-15(25-19)5-7-21-17)23-11(1)12-2-4-14(24-12)20-10-18-16(26-20)6-8-22-18/h1-10H. The Balaban J connectivity index is 1.35. The Labute approximate surface area is 174 Å². The second kappa shape index (κ2) is 6.12. The molecule has 0 nitrogen and oxygen atoms in total. The van der Waals surface area contributed by atoms with Gasteiger partial charge >= 0.3 is 0 Å². The summed E-state index contributed by atoms with van der Waals surface area (Å²) in [6.07, 6.45) is 0. The number of thiophene rings is 6. The topological polar surface area (TPSA) is 0 Å². The van der Waals surface area contributed by atoms with Gasteiger partial charge in [0.25, 0.3) is 0 Å². The van der Waals surface area contributed by atoms with Crippen molar-refractivity contribution < 1.29 is 0 Å².